The number of nitrogens with zero attached hydrogens (tertiary/aromatic N) is 4. The van der Waals surface area contributed by atoms with E-state index in [0.717, 1.165) is 80.8 Å². The van der Waals surface area contributed by atoms with E-state index in [9.17, 15) is 5.11 Å². The molecule has 2 saturated heterocycles. The van der Waals surface area contributed by atoms with Crippen molar-refractivity contribution in [1.29, 1.82) is 0 Å². The van der Waals surface area contributed by atoms with Crippen molar-refractivity contribution in [1.82, 2.24) is 19.4 Å². The number of hydrogen-bond donors (Lipinski definition) is 1. The molecular weight excluding hydrogens is 544 g/mol. The van der Waals surface area contributed by atoms with Crippen LogP contribution >= 0.6 is 0 Å². The first-order chi connectivity index (χ1) is 21.5. The molecule has 6 nitrogen and oxygen atoms in total. The SMILES string of the molecule is COc1cccc2c3ccnc(C4=C[C@@]5(O)CC/C=C\CCCCN6CCC4[C@]4(C[C@@H]7/C=C\CCCCN7[C@H]45)C6)c3n(C)c12. The Balaban J connectivity index is 1.37. The third-order valence-corrected chi connectivity index (χ3v) is 11.8. The van der Waals surface area contributed by atoms with Gasteiger partial charge >= 0.3 is 0 Å². The Morgan fingerprint density at radius 2 is 1.75 bits per heavy atom. The molecule has 2 unspecified atom stereocenters. The van der Waals surface area contributed by atoms with Gasteiger partial charge in [-0.1, -0.05) is 36.4 Å². The molecule has 1 N–H and O–H groups in total. The third-order valence-electron chi connectivity index (χ3n) is 11.8. The maximum atomic E-state index is 13.2. The predicted molar refractivity (Wildman–Crippen MR) is 179 cm³/mol. The Kier molecular flexibility index (Phi) is 7.23. The molecule has 1 spiro atoms. The standard InChI is InChI=1S/C38H48N4O2/c1-40-34-28(15-13-16-32(34)44-2)29-17-20-39-33(35(29)40)30-25-38(43)19-10-6-3-4-7-11-21-41-23-18-31(30)37(26-41)24-27-14-9-5-8-12-22-42(27)36(37)38/h3,6,9,13-17,20,25,27,31,36,43H,4-5,7-8,10-12,18-19,21-24,26H2,1-2H3/b6-3-,14-9-/t27-,31?,36+,37-,38-/m0/s1. The van der Waals surface area contributed by atoms with Crippen LogP contribution in [-0.2, 0) is 7.05 Å². The number of pyridine rings is 1. The van der Waals surface area contributed by atoms with E-state index in [0.29, 0.717) is 12.0 Å². The van der Waals surface area contributed by atoms with Gasteiger partial charge in [0, 0.05) is 42.0 Å². The fourth-order valence-electron chi connectivity index (χ4n) is 10.2. The Hall–Kier alpha value is -2.93. The van der Waals surface area contributed by atoms with E-state index >= 15 is 0 Å². The molecule has 1 aromatic carbocycles. The number of aryl methyl sites for hydroxylation is 1. The monoisotopic (exact) mass is 592 g/mol. The second-order valence-corrected chi connectivity index (χ2v) is 14.3. The lowest BCUT2D eigenvalue weighted by Crippen LogP contribution is -2.65. The lowest BCUT2D eigenvalue weighted by molar-refractivity contribution is -0.0894. The van der Waals surface area contributed by atoms with Crippen molar-refractivity contribution in [3.05, 3.63) is 66.5 Å². The van der Waals surface area contributed by atoms with Crippen LogP contribution in [0.1, 0.15) is 69.9 Å². The Labute approximate surface area is 262 Å². The lowest BCUT2D eigenvalue weighted by atomic mass is 9.54. The highest BCUT2D eigenvalue weighted by atomic mass is 16.5. The maximum absolute atomic E-state index is 13.2. The van der Waals surface area contributed by atoms with Gasteiger partial charge in [0.15, 0.2) is 0 Å². The fourth-order valence-corrected chi connectivity index (χ4v) is 10.2. The fraction of sp³-hybridized carbons (Fsp3) is 0.553. The second-order valence-electron chi connectivity index (χ2n) is 14.3. The van der Waals surface area contributed by atoms with E-state index in [2.05, 4.69) is 76.1 Å². The van der Waals surface area contributed by atoms with Gasteiger partial charge in [-0.05, 0) is 114 Å². The topological polar surface area (TPSA) is 53.8 Å². The van der Waals surface area contributed by atoms with Crippen LogP contribution in [0.25, 0.3) is 27.4 Å². The van der Waals surface area contributed by atoms with Gasteiger partial charge in [-0.3, -0.25) is 9.88 Å². The van der Waals surface area contributed by atoms with Gasteiger partial charge in [0.2, 0.25) is 0 Å². The molecule has 232 valence electrons. The summed E-state index contributed by atoms with van der Waals surface area (Å²) < 4.78 is 8.14. The first-order valence-corrected chi connectivity index (χ1v) is 17.2. The third kappa shape index (κ3) is 4.35. The Morgan fingerprint density at radius 3 is 2.64 bits per heavy atom. The van der Waals surface area contributed by atoms with Gasteiger partial charge in [-0.2, -0.15) is 0 Å². The van der Waals surface area contributed by atoms with Crippen molar-refractivity contribution in [3.8, 4) is 5.75 Å². The van der Waals surface area contributed by atoms with Crippen molar-refractivity contribution >= 4 is 27.4 Å². The largest absolute Gasteiger partial charge is 0.495 e. The first-order valence-electron chi connectivity index (χ1n) is 17.2. The van der Waals surface area contributed by atoms with Crippen molar-refractivity contribution in [2.24, 2.45) is 18.4 Å². The summed E-state index contributed by atoms with van der Waals surface area (Å²) in [5, 5.41) is 15.6. The number of piperidine rings is 1. The summed E-state index contributed by atoms with van der Waals surface area (Å²) in [6.07, 6.45) is 25.1. The van der Waals surface area contributed by atoms with E-state index in [4.69, 9.17) is 9.72 Å². The molecule has 6 heteroatoms. The summed E-state index contributed by atoms with van der Waals surface area (Å²) in [6.45, 7) is 4.41. The molecule has 0 radical (unpaired) electrons. The van der Waals surface area contributed by atoms with Crippen LogP contribution in [0.5, 0.6) is 5.75 Å². The molecule has 0 saturated carbocycles. The molecule has 0 amide bonds. The zero-order valence-corrected chi connectivity index (χ0v) is 26.5. The molecule has 44 heavy (non-hydrogen) atoms. The highest BCUT2D eigenvalue weighted by molar-refractivity contribution is 6.12. The number of para-hydroxylation sites is 1. The molecule has 3 aromatic rings. The molecule has 1 aliphatic carbocycles. The van der Waals surface area contributed by atoms with E-state index in [1.165, 1.54) is 48.4 Å². The Bertz CT molecular complexity index is 1650. The number of fused-ring (bicyclic) bond motifs is 5. The highest BCUT2D eigenvalue weighted by Gasteiger charge is 2.65. The molecule has 6 heterocycles. The zero-order chi connectivity index (χ0) is 29.9. The van der Waals surface area contributed by atoms with Gasteiger partial charge in [0.25, 0.3) is 0 Å². The van der Waals surface area contributed by atoms with Crippen molar-refractivity contribution in [2.45, 2.75) is 81.9 Å². The average Bonchev–Trinajstić information content (AvgIpc) is 3.49. The minimum atomic E-state index is -0.929. The molecule has 2 aromatic heterocycles. The van der Waals surface area contributed by atoms with E-state index in [-0.39, 0.29) is 11.5 Å². The summed E-state index contributed by atoms with van der Waals surface area (Å²) in [4.78, 5) is 10.7. The number of rotatable bonds is 2. The number of hydrogen-bond acceptors (Lipinski definition) is 5. The molecule has 5 aliphatic rings. The quantitative estimate of drug-likeness (QED) is 0.329. The summed E-state index contributed by atoms with van der Waals surface area (Å²) >= 11 is 0. The number of aromatic nitrogens is 2. The number of aliphatic hydroxyl groups is 1. The minimum absolute atomic E-state index is 0.0275. The molecule has 2 fully saturated rings. The van der Waals surface area contributed by atoms with Crippen LogP contribution < -0.4 is 4.74 Å². The molecular formula is C38H48N4O2. The summed E-state index contributed by atoms with van der Waals surface area (Å²) in [5.41, 5.74) is 3.62. The molecule has 4 aliphatic heterocycles. The number of ether oxygens (including phenoxy) is 1. The van der Waals surface area contributed by atoms with Crippen LogP contribution in [0, 0.1) is 11.3 Å². The lowest BCUT2D eigenvalue weighted by Gasteiger charge is -2.58. The highest BCUT2D eigenvalue weighted by Crippen LogP contribution is 2.62. The van der Waals surface area contributed by atoms with Crippen LogP contribution in [0.3, 0.4) is 0 Å². The van der Waals surface area contributed by atoms with E-state index < -0.39 is 5.60 Å². The molecule has 3 bridgehead atoms. The van der Waals surface area contributed by atoms with Crippen molar-refractivity contribution in [3.63, 3.8) is 0 Å². The smallest absolute Gasteiger partial charge is 0.143 e. The zero-order valence-electron chi connectivity index (χ0n) is 26.5. The van der Waals surface area contributed by atoms with Crippen LogP contribution in [0.2, 0.25) is 0 Å². The first kappa shape index (κ1) is 28.5. The maximum Gasteiger partial charge on any atom is 0.143 e. The van der Waals surface area contributed by atoms with Crippen LogP contribution in [-0.4, -0.2) is 75.4 Å². The van der Waals surface area contributed by atoms with Gasteiger partial charge in [-0.15, -0.1) is 0 Å². The number of benzene rings is 1. The second kappa shape index (κ2) is 11.1. The molecule has 6 atom stereocenters. The van der Waals surface area contributed by atoms with E-state index in [1.54, 1.807) is 7.11 Å². The molecule has 8 rings (SSSR count). The summed E-state index contributed by atoms with van der Waals surface area (Å²) in [6, 6.07) is 8.99. The normalized spacial score (nSPS) is 35.8. The summed E-state index contributed by atoms with van der Waals surface area (Å²) in [7, 11) is 3.91. The van der Waals surface area contributed by atoms with Gasteiger partial charge in [-0.25, -0.2) is 0 Å². The average molecular weight is 593 g/mol. The van der Waals surface area contributed by atoms with Gasteiger partial charge < -0.3 is 19.3 Å². The van der Waals surface area contributed by atoms with Crippen molar-refractivity contribution < 1.29 is 9.84 Å². The van der Waals surface area contributed by atoms with Crippen LogP contribution in [0.4, 0.5) is 0 Å². The predicted octanol–water partition coefficient (Wildman–Crippen LogP) is 6.87. The Morgan fingerprint density at radius 1 is 0.932 bits per heavy atom. The van der Waals surface area contributed by atoms with Gasteiger partial charge in [0.1, 0.15) is 5.75 Å². The number of methoxy groups -OCH3 is 1. The van der Waals surface area contributed by atoms with Crippen molar-refractivity contribution in [2.75, 3.05) is 33.3 Å². The van der Waals surface area contributed by atoms with Gasteiger partial charge in [0.05, 0.1) is 35.5 Å². The summed E-state index contributed by atoms with van der Waals surface area (Å²) in [5.74, 6) is 1.24. The van der Waals surface area contributed by atoms with Crippen LogP contribution in [0.15, 0.2) is 60.8 Å². The number of allylic oxidation sites excluding steroid dienone is 4. The van der Waals surface area contributed by atoms with E-state index in [1.807, 2.05) is 6.20 Å². The minimum Gasteiger partial charge on any atom is -0.495 e.